The summed E-state index contributed by atoms with van der Waals surface area (Å²) >= 11 is 0. The second-order valence-electron chi connectivity index (χ2n) is 9.15. The molecule has 0 spiro atoms. The van der Waals surface area contributed by atoms with Crippen LogP contribution in [-0.2, 0) is 14.3 Å². The lowest BCUT2D eigenvalue weighted by molar-refractivity contribution is -0.907. The fourth-order valence-electron chi connectivity index (χ4n) is 4.69. The first-order valence-electron chi connectivity index (χ1n) is 12.5. The molecule has 0 bridgehead atoms. The highest BCUT2D eigenvalue weighted by atomic mass is 35.5. The van der Waals surface area contributed by atoms with Crippen molar-refractivity contribution < 1.29 is 31.6 Å². The lowest BCUT2D eigenvalue weighted by atomic mass is 10.1. The van der Waals surface area contributed by atoms with Gasteiger partial charge in [-0.3, -0.25) is 9.59 Å². The van der Waals surface area contributed by atoms with Crippen molar-refractivity contribution in [3.63, 3.8) is 0 Å². The van der Waals surface area contributed by atoms with Crippen LogP contribution >= 0.6 is 0 Å². The number of carbonyl (C=O) groups is 2. The first-order valence-corrected chi connectivity index (χ1v) is 12.5. The molecule has 6 heteroatoms. The molecule has 0 aliphatic carbocycles. The standard InChI is InChI=1S/C24H44N2O3.ClH/c1-2-3-4-5-6-7-8-9-11-16-24(28)29-22(20-25-17-12-10-13-18-25)21-26-19-14-15-23(26)27;/h22H,2-21H2,1H3;1H. The Morgan fingerprint density at radius 2 is 1.60 bits per heavy atom. The second-order valence-corrected chi connectivity index (χ2v) is 9.15. The molecule has 176 valence electrons. The highest BCUT2D eigenvalue weighted by Gasteiger charge is 2.28. The van der Waals surface area contributed by atoms with Gasteiger partial charge in [0.15, 0.2) is 6.10 Å². The van der Waals surface area contributed by atoms with Crippen molar-refractivity contribution in [3.05, 3.63) is 0 Å². The van der Waals surface area contributed by atoms with Crippen LogP contribution in [0.5, 0.6) is 0 Å². The first kappa shape index (κ1) is 27.2. The molecule has 2 rings (SSSR count). The summed E-state index contributed by atoms with van der Waals surface area (Å²) in [6.07, 6.45) is 17.1. The second kappa shape index (κ2) is 16.8. The number of carbonyl (C=O) groups excluding carboxylic acids is 2. The number of quaternary nitrogens is 1. The molecule has 2 heterocycles. The molecule has 30 heavy (non-hydrogen) atoms. The van der Waals surface area contributed by atoms with Crippen LogP contribution in [0.4, 0.5) is 0 Å². The fraction of sp³-hybridized carbons (Fsp3) is 0.917. The predicted octanol–water partition coefficient (Wildman–Crippen LogP) is 0.514. The molecule has 2 aliphatic rings. The van der Waals surface area contributed by atoms with Gasteiger partial charge in [0.1, 0.15) is 6.54 Å². The molecular weight excluding hydrogens is 400 g/mol. The maximum atomic E-state index is 12.4. The lowest BCUT2D eigenvalue weighted by Crippen LogP contribution is -3.14. The third-order valence-corrected chi connectivity index (χ3v) is 6.45. The summed E-state index contributed by atoms with van der Waals surface area (Å²) in [5, 5.41) is 0. The van der Waals surface area contributed by atoms with Crippen molar-refractivity contribution in [3.8, 4) is 0 Å². The quantitative estimate of drug-likeness (QED) is 0.296. The number of halogens is 1. The van der Waals surface area contributed by atoms with E-state index in [1.807, 2.05) is 4.90 Å². The summed E-state index contributed by atoms with van der Waals surface area (Å²) in [6.45, 7) is 6.85. The first-order chi connectivity index (χ1) is 14.2. The van der Waals surface area contributed by atoms with Crippen molar-refractivity contribution in [1.82, 2.24) is 4.90 Å². The van der Waals surface area contributed by atoms with E-state index >= 15 is 0 Å². The number of rotatable bonds is 15. The zero-order chi connectivity index (χ0) is 20.7. The Morgan fingerprint density at radius 3 is 2.20 bits per heavy atom. The summed E-state index contributed by atoms with van der Waals surface area (Å²) < 4.78 is 5.88. The molecule has 0 aromatic rings. The Morgan fingerprint density at radius 1 is 0.967 bits per heavy atom. The number of amides is 1. The van der Waals surface area contributed by atoms with Crippen LogP contribution in [0.25, 0.3) is 0 Å². The number of ether oxygens (including phenoxy) is 1. The van der Waals surface area contributed by atoms with E-state index in [9.17, 15) is 9.59 Å². The molecule has 2 aliphatic heterocycles. The van der Waals surface area contributed by atoms with E-state index in [1.54, 1.807) is 0 Å². The Hall–Kier alpha value is -0.810. The maximum absolute atomic E-state index is 12.4. The van der Waals surface area contributed by atoms with Gasteiger partial charge in [-0.15, -0.1) is 0 Å². The average molecular weight is 445 g/mol. The lowest BCUT2D eigenvalue weighted by Gasteiger charge is -2.29. The molecule has 1 unspecified atom stereocenters. The zero-order valence-electron chi connectivity index (χ0n) is 19.3. The number of hydrogen-bond donors (Lipinski definition) is 1. The zero-order valence-corrected chi connectivity index (χ0v) is 20.0. The third-order valence-electron chi connectivity index (χ3n) is 6.45. The number of esters is 1. The van der Waals surface area contributed by atoms with E-state index in [1.165, 1.54) is 82.2 Å². The van der Waals surface area contributed by atoms with Crippen molar-refractivity contribution in [1.29, 1.82) is 0 Å². The summed E-state index contributed by atoms with van der Waals surface area (Å²) in [6, 6.07) is 0. The minimum atomic E-state index is -0.142. The monoisotopic (exact) mass is 444 g/mol. The molecule has 2 fully saturated rings. The number of unbranched alkanes of at least 4 members (excludes halogenated alkanes) is 8. The summed E-state index contributed by atoms with van der Waals surface area (Å²) in [4.78, 5) is 27.9. The Balaban J connectivity index is 0.00000450. The van der Waals surface area contributed by atoms with Crippen LogP contribution in [0.15, 0.2) is 0 Å². The molecule has 1 amide bonds. The molecule has 0 radical (unpaired) electrons. The van der Waals surface area contributed by atoms with Crippen molar-refractivity contribution in [2.45, 2.75) is 109 Å². The number of nitrogens with zero attached hydrogens (tertiary/aromatic N) is 1. The molecule has 1 N–H and O–H groups in total. The number of piperidine rings is 1. The number of likely N-dealkylation sites (tertiary alicyclic amines) is 2. The molecule has 5 nitrogen and oxygen atoms in total. The highest BCUT2D eigenvalue weighted by Crippen LogP contribution is 2.13. The smallest absolute Gasteiger partial charge is 0.306 e. The van der Waals surface area contributed by atoms with E-state index in [0.717, 1.165) is 32.4 Å². The Kier molecular flexibility index (Phi) is 15.3. The number of nitrogens with one attached hydrogen (secondary N) is 1. The van der Waals surface area contributed by atoms with Crippen molar-refractivity contribution in [2.24, 2.45) is 0 Å². The maximum Gasteiger partial charge on any atom is 0.306 e. The minimum absolute atomic E-state index is 0. The molecule has 0 aromatic carbocycles. The van der Waals surface area contributed by atoms with Gasteiger partial charge in [-0.25, -0.2) is 0 Å². The minimum Gasteiger partial charge on any atom is -1.00 e. The van der Waals surface area contributed by atoms with Gasteiger partial charge in [0.05, 0.1) is 19.6 Å². The van der Waals surface area contributed by atoms with Gasteiger partial charge < -0.3 is 26.9 Å². The third kappa shape index (κ3) is 11.5. The van der Waals surface area contributed by atoms with E-state index in [2.05, 4.69) is 6.92 Å². The van der Waals surface area contributed by atoms with Gasteiger partial charge in [0.2, 0.25) is 5.91 Å². The van der Waals surface area contributed by atoms with Crippen LogP contribution in [0.1, 0.15) is 103 Å². The normalized spacial score (nSPS) is 18.3. The van der Waals surface area contributed by atoms with Crippen LogP contribution < -0.4 is 17.3 Å². The SMILES string of the molecule is CCCCCCCCCCCC(=O)OC(CN1CCCC1=O)C[NH+]1CCCCC1.[Cl-]. The highest BCUT2D eigenvalue weighted by molar-refractivity contribution is 5.78. The van der Waals surface area contributed by atoms with Crippen molar-refractivity contribution in [2.75, 3.05) is 32.7 Å². The summed E-state index contributed by atoms with van der Waals surface area (Å²) in [7, 11) is 0. The van der Waals surface area contributed by atoms with E-state index < -0.39 is 0 Å². The van der Waals surface area contributed by atoms with Gasteiger partial charge in [-0.2, -0.15) is 0 Å². The van der Waals surface area contributed by atoms with Gasteiger partial charge >= 0.3 is 5.97 Å². The molecule has 1 atom stereocenters. The molecule has 0 aromatic heterocycles. The topological polar surface area (TPSA) is 51.0 Å². The Labute approximate surface area is 190 Å². The van der Waals surface area contributed by atoms with Crippen LogP contribution in [0.3, 0.4) is 0 Å². The predicted molar refractivity (Wildman–Crippen MR) is 117 cm³/mol. The molecular formula is C24H45ClN2O3. The van der Waals surface area contributed by atoms with E-state index in [0.29, 0.717) is 19.4 Å². The summed E-state index contributed by atoms with van der Waals surface area (Å²) in [5.41, 5.74) is 0. The average Bonchev–Trinajstić information content (AvgIpc) is 3.12. The number of hydrogen-bond acceptors (Lipinski definition) is 3. The van der Waals surface area contributed by atoms with Crippen LogP contribution in [0.2, 0.25) is 0 Å². The fourth-order valence-corrected chi connectivity index (χ4v) is 4.69. The van der Waals surface area contributed by atoms with Gasteiger partial charge in [-0.05, 0) is 32.1 Å². The van der Waals surface area contributed by atoms with Gasteiger partial charge in [-0.1, -0.05) is 58.3 Å². The molecule has 2 saturated heterocycles. The van der Waals surface area contributed by atoms with Crippen LogP contribution in [0, 0.1) is 0 Å². The molecule has 0 saturated carbocycles. The largest absolute Gasteiger partial charge is 1.00 e. The Bertz CT molecular complexity index is 469. The summed E-state index contributed by atoms with van der Waals surface area (Å²) in [5.74, 6) is 0.152. The van der Waals surface area contributed by atoms with Gasteiger partial charge in [0, 0.05) is 19.4 Å². The van der Waals surface area contributed by atoms with E-state index in [-0.39, 0.29) is 30.4 Å². The van der Waals surface area contributed by atoms with Crippen molar-refractivity contribution >= 4 is 11.9 Å². The van der Waals surface area contributed by atoms with Gasteiger partial charge in [0.25, 0.3) is 0 Å². The van der Waals surface area contributed by atoms with Crippen LogP contribution in [-0.4, -0.2) is 55.6 Å². The van der Waals surface area contributed by atoms with E-state index in [4.69, 9.17) is 4.74 Å².